The molecule has 0 saturated carbocycles. The molecule has 0 bridgehead atoms. The fraction of sp³-hybridized carbons (Fsp3) is 0.520. The lowest BCUT2D eigenvalue weighted by Gasteiger charge is -2.27. The van der Waals surface area contributed by atoms with E-state index in [2.05, 4.69) is 20.1 Å². The van der Waals surface area contributed by atoms with Crippen molar-refractivity contribution in [3.63, 3.8) is 0 Å². The van der Waals surface area contributed by atoms with Crippen molar-refractivity contribution >= 4 is 101 Å². The number of nitrogens with zero attached hydrogens (tertiary/aromatic N) is 3. The number of hydrazine groups is 1. The highest BCUT2D eigenvalue weighted by Crippen LogP contribution is 2.68. The Hall–Kier alpha value is -5.70. The predicted octanol–water partition coefficient (Wildman–Crippen LogP) is 8.67. The van der Waals surface area contributed by atoms with Gasteiger partial charge in [-0.3, -0.25) is 28.8 Å². The summed E-state index contributed by atoms with van der Waals surface area (Å²) >= 11 is 3.56. The molecule has 1 aromatic rings. The Morgan fingerprint density at radius 3 is 1.38 bits per heavy atom. The second-order valence-electron chi connectivity index (χ2n) is 16.6. The number of thioether (sulfide) groups is 4. The Morgan fingerprint density at radius 2 is 0.986 bits per heavy atom. The molecule has 3 heterocycles. The number of fused-ring (bicyclic) bond motifs is 2. The molecule has 0 aromatic heterocycles. The van der Waals surface area contributed by atoms with Gasteiger partial charge in [0.25, 0.3) is 11.8 Å². The number of ether oxygens (including phenoxy) is 7. The molecule has 1 saturated heterocycles. The van der Waals surface area contributed by atoms with Gasteiger partial charge in [-0.15, -0.1) is 0 Å². The van der Waals surface area contributed by atoms with Gasteiger partial charge >= 0.3 is 41.8 Å². The highest BCUT2D eigenvalue weighted by atomic mass is 32.2. The van der Waals surface area contributed by atoms with Gasteiger partial charge in [-0.05, 0) is 39.0 Å². The van der Waals surface area contributed by atoms with Crippen LogP contribution in [0.4, 0.5) is 0 Å². The number of rotatable bonds is 29. The van der Waals surface area contributed by atoms with Crippen LogP contribution in [-0.2, 0) is 66.8 Å². The fourth-order valence-electron chi connectivity index (χ4n) is 6.64. The van der Waals surface area contributed by atoms with Gasteiger partial charge in [0.2, 0.25) is 0 Å². The third-order valence-corrected chi connectivity index (χ3v) is 15.9. The number of hydrogen-bond donors (Lipinski definition) is 0. The third kappa shape index (κ3) is 16.9. The summed E-state index contributed by atoms with van der Waals surface area (Å²) in [4.78, 5) is 119. The normalized spacial score (nSPS) is 14.0. The van der Waals surface area contributed by atoms with Crippen LogP contribution in [0, 0.1) is 17.2 Å². The Labute approximate surface area is 441 Å². The lowest BCUT2D eigenvalue weighted by atomic mass is 10.0. The molecule has 396 valence electrons. The maximum Gasteiger partial charge on any atom is 0.350 e. The van der Waals surface area contributed by atoms with Gasteiger partial charge in [-0.2, -0.15) is 5.26 Å². The van der Waals surface area contributed by atoms with E-state index in [0.717, 1.165) is 85.6 Å². The Kier molecular flexibility index (Phi) is 24.5. The quantitative estimate of drug-likeness (QED) is 0.0138. The molecule has 3 aliphatic rings. The molecule has 19 nitrogen and oxygen atoms in total. The molecule has 3 aliphatic heterocycles. The van der Waals surface area contributed by atoms with E-state index in [1.54, 1.807) is 0 Å². The first-order valence-electron chi connectivity index (χ1n) is 23.9. The van der Waals surface area contributed by atoms with Crippen LogP contribution in [0.25, 0.3) is 0 Å². The minimum Gasteiger partial charge on any atom is -0.462 e. The summed E-state index contributed by atoms with van der Waals surface area (Å²) in [5, 5.41) is 13.3. The number of amides is 2. The van der Waals surface area contributed by atoms with Crippen LogP contribution >= 0.6 is 47.0 Å². The molecule has 2 amide bonds. The highest BCUT2D eigenvalue weighted by Gasteiger charge is 2.47. The zero-order valence-electron chi connectivity index (χ0n) is 41.9. The van der Waals surface area contributed by atoms with Gasteiger partial charge in [-0.25, -0.2) is 24.4 Å². The molecular formula is C50H61N3O16S4. The number of carbonyl (C=O) groups excluding carboxylic acids is 9. The van der Waals surface area contributed by atoms with Crippen molar-refractivity contribution in [3.8, 4) is 17.6 Å². The van der Waals surface area contributed by atoms with Crippen molar-refractivity contribution in [2.24, 2.45) is 5.92 Å². The summed E-state index contributed by atoms with van der Waals surface area (Å²) in [6, 6.07) is 1.94. The Bertz CT molecular complexity index is 2330. The van der Waals surface area contributed by atoms with Crippen LogP contribution in [0.15, 0.2) is 63.5 Å². The maximum absolute atomic E-state index is 14.2. The van der Waals surface area contributed by atoms with Crippen LogP contribution in [0.1, 0.15) is 119 Å². The average Bonchev–Trinajstić information content (AvgIpc) is 4.06. The Morgan fingerprint density at radius 1 is 0.575 bits per heavy atom. The summed E-state index contributed by atoms with van der Waals surface area (Å²) in [6.07, 6.45) is 4.21. The molecule has 1 atom stereocenters. The Balaban J connectivity index is 1.79. The molecule has 0 radical (unpaired) electrons. The SMILES string of the molecule is C=C(C)C(=O)OCCOC(=O)CCC(=O)Oc1c2c(c(OC(=O)CCC(=O)OCCOC(=O)C(=C)C)c3c1SC(=C1C(=O)N(CCCC)N(CCCC)C1=O)S3)SC(=C(C#N)C(=O)OCC(CC)CCCC)S2. The number of esters is 7. The molecule has 0 spiro atoms. The molecular weight excluding hydrogens is 1030 g/mol. The minimum absolute atomic E-state index is 0.0519. The minimum atomic E-state index is -0.926. The summed E-state index contributed by atoms with van der Waals surface area (Å²) in [6.45, 7) is 17.4. The zero-order valence-corrected chi connectivity index (χ0v) is 45.2. The molecule has 73 heavy (non-hydrogen) atoms. The van der Waals surface area contributed by atoms with Gasteiger partial charge in [0.1, 0.15) is 38.1 Å². The van der Waals surface area contributed by atoms with Crippen LogP contribution in [0.5, 0.6) is 11.5 Å². The maximum atomic E-state index is 14.2. The van der Waals surface area contributed by atoms with Gasteiger partial charge in [0, 0.05) is 24.2 Å². The van der Waals surface area contributed by atoms with E-state index < -0.39 is 79.3 Å². The largest absolute Gasteiger partial charge is 0.462 e. The number of unbranched alkanes of at least 4 members (excludes halogenated alkanes) is 3. The predicted molar refractivity (Wildman–Crippen MR) is 270 cm³/mol. The van der Waals surface area contributed by atoms with E-state index in [-0.39, 0.29) is 114 Å². The zero-order chi connectivity index (χ0) is 53.8. The third-order valence-electron chi connectivity index (χ3n) is 10.7. The van der Waals surface area contributed by atoms with E-state index in [9.17, 15) is 48.4 Å². The second kappa shape index (κ2) is 29.9. The number of benzene rings is 1. The number of nitriles is 1. The average molecular weight is 1090 g/mol. The standard InChI is InChI=1S/C50H61N3O16S4/c1-9-13-16-31(12-4)28-67-48(62)32(27-51)49-70-40-38(68-35(56)19-17-33(54)63-23-25-65-46(60)29(5)6)42-43(73-50(72-42)37-44(58)52(21-14-10-2)53(45(37)59)22-15-11-3)39(41(40)71-49)69-36(57)20-18-34(55)64-24-26-66-47(61)30(7)8/h31H,5,7,9-26,28H2,1-4,6,8H3. The first kappa shape index (κ1) is 59.9. The first-order valence-corrected chi connectivity index (χ1v) is 27.2. The van der Waals surface area contributed by atoms with Crippen molar-refractivity contribution in [2.45, 2.75) is 138 Å². The summed E-state index contributed by atoms with van der Waals surface area (Å²) in [5.74, 6) is -7.02. The van der Waals surface area contributed by atoms with Gasteiger partial charge in [0.15, 0.2) is 17.1 Å². The first-order chi connectivity index (χ1) is 34.9. The molecule has 0 aliphatic carbocycles. The van der Waals surface area contributed by atoms with Crippen LogP contribution in [-0.4, -0.2) is 110 Å². The lowest BCUT2D eigenvalue weighted by Crippen LogP contribution is -2.42. The van der Waals surface area contributed by atoms with E-state index in [4.69, 9.17) is 33.2 Å². The molecule has 4 rings (SSSR count). The van der Waals surface area contributed by atoms with E-state index >= 15 is 0 Å². The van der Waals surface area contributed by atoms with Gasteiger partial charge in [0.05, 0.1) is 60.3 Å². The monoisotopic (exact) mass is 1090 g/mol. The summed E-state index contributed by atoms with van der Waals surface area (Å²) in [5.41, 5.74) is -0.210. The van der Waals surface area contributed by atoms with Crippen LogP contribution < -0.4 is 9.47 Å². The summed E-state index contributed by atoms with van der Waals surface area (Å²) < 4.78 is 38.2. The van der Waals surface area contributed by atoms with Crippen molar-refractivity contribution in [1.82, 2.24) is 10.0 Å². The summed E-state index contributed by atoms with van der Waals surface area (Å²) in [7, 11) is 0. The molecule has 23 heteroatoms. The molecule has 1 aromatic carbocycles. The van der Waals surface area contributed by atoms with Gasteiger partial charge < -0.3 is 33.2 Å². The van der Waals surface area contributed by atoms with E-state index in [0.29, 0.717) is 12.8 Å². The smallest absolute Gasteiger partial charge is 0.350 e. The van der Waals surface area contributed by atoms with E-state index in [1.807, 2.05) is 26.8 Å². The van der Waals surface area contributed by atoms with Crippen molar-refractivity contribution in [2.75, 3.05) is 46.1 Å². The van der Waals surface area contributed by atoms with Crippen molar-refractivity contribution in [3.05, 3.63) is 43.9 Å². The van der Waals surface area contributed by atoms with Crippen LogP contribution in [0.2, 0.25) is 0 Å². The van der Waals surface area contributed by atoms with Crippen LogP contribution in [0.3, 0.4) is 0 Å². The number of carbonyl (C=O) groups is 9. The van der Waals surface area contributed by atoms with Crippen molar-refractivity contribution in [1.29, 1.82) is 5.26 Å². The van der Waals surface area contributed by atoms with Gasteiger partial charge in [-0.1, -0.05) is 120 Å². The molecule has 1 fully saturated rings. The topological polar surface area (TPSA) is 249 Å². The molecule has 0 N–H and O–H groups in total. The number of hydrogen-bond acceptors (Lipinski definition) is 21. The molecule has 1 unspecified atom stereocenters. The van der Waals surface area contributed by atoms with E-state index in [1.165, 1.54) is 23.9 Å². The second-order valence-corrected chi connectivity index (χ2v) is 21.2. The van der Waals surface area contributed by atoms with Crippen molar-refractivity contribution < 1.29 is 76.3 Å². The highest BCUT2D eigenvalue weighted by molar-refractivity contribution is 8.26. The fourth-order valence-corrected chi connectivity index (χ4v) is 12.0. The lowest BCUT2D eigenvalue weighted by molar-refractivity contribution is -0.151.